The zero-order chi connectivity index (χ0) is 31.1. The molecule has 0 aliphatic carbocycles. The van der Waals surface area contributed by atoms with Crippen LogP contribution in [0.25, 0.3) is 45.1 Å². The van der Waals surface area contributed by atoms with Gasteiger partial charge in [-0.25, -0.2) is 9.97 Å². The molecule has 0 spiro atoms. The molecule has 1 aliphatic rings. The van der Waals surface area contributed by atoms with Crippen LogP contribution in [0.5, 0.6) is 0 Å². The van der Waals surface area contributed by atoms with E-state index in [4.69, 9.17) is 8.83 Å². The number of aromatic nitrogens is 2. The van der Waals surface area contributed by atoms with E-state index < -0.39 is 0 Å². The normalized spacial score (nSPS) is 12.7. The number of rotatable bonds is 4. The summed E-state index contributed by atoms with van der Waals surface area (Å²) in [5.41, 5.74) is 5.56. The maximum absolute atomic E-state index is 13.3. The number of nitrogens with zero attached hydrogens (tertiary/aromatic N) is 4. The van der Waals surface area contributed by atoms with Gasteiger partial charge >= 0.3 is 0 Å². The van der Waals surface area contributed by atoms with Crippen LogP contribution in [-0.2, 0) is 0 Å². The predicted octanol–water partition coefficient (Wildman–Crippen LogP) is 7.95. The molecule has 1 fully saturated rings. The highest BCUT2D eigenvalue weighted by molar-refractivity contribution is 5.97. The van der Waals surface area contributed by atoms with Crippen molar-refractivity contribution in [1.29, 1.82) is 0 Å². The van der Waals surface area contributed by atoms with Crippen LogP contribution in [0.3, 0.4) is 0 Å². The summed E-state index contributed by atoms with van der Waals surface area (Å²) in [6.45, 7) is 9.79. The Labute approximate surface area is 256 Å². The van der Waals surface area contributed by atoms with Gasteiger partial charge in [0.05, 0.1) is 0 Å². The van der Waals surface area contributed by atoms with E-state index in [1.165, 1.54) is 0 Å². The van der Waals surface area contributed by atoms with E-state index in [-0.39, 0.29) is 11.8 Å². The Hall–Kier alpha value is -5.24. The van der Waals surface area contributed by atoms with Crippen molar-refractivity contribution in [3.05, 3.63) is 108 Å². The van der Waals surface area contributed by atoms with Crippen LogP contribution < -0.4 is 0 Å². The third kappa shape index (κ3) is 6.24. The number of carbonyl (C=O) groups excluding carboxylic acids is 2. The molecular weight excluding hydrogens is 552 g/mol. The van der Waals surface area contributed by atoms with Gasteiger partial charge in [0.2, 0.25) is 11.8 Å². The summed E-state index contributed by atoms with van der Waals surface area (Å²) in [7, 11) is 0. The van der Waals surface area contributed by atoms with Gasteiger partial charge in [-0.3, -0.25) is 9.59 Å². The molecule has 0 N–H and O–H groups in total. The highest BCUT2D eigenvalue weighted by Crippen LogP contribution is 2.27. The molecule has 1 aliphatic heterocycles. The lowest BCUT2D eigenvalue weighted by Gasteiger charge is -2.35. The quantitative estimate of drug-likeness (QED) is 0.207. The fourth-order valence-corrected chi connectivity index (χ4v) is 5.04. The molecule has 224 valence electrons. The molecule has 3 heterocycles. The number of fused-ring (bicyclic) bond motifs is 2. The molecule has 7 rings (SSSR count). The molecule has 0 radical (unpaired) electrons. The van der Waals surface area contributed by atoms with Gasteiger partial charge in [0, 0.05) is 48.4 Å². The van der Waals surface area contributed by atoms with E-state index in [9.17, 15) is 9.59 Å². The molecule has 2 amide bonds. The topological polar surface area (TPSA) is 92.7 Å². The zero-order valence-electron chi connectivity index (χ0n) is 25.5. The Morgan fingerprint density at radius 2 is 0.932 bits per heavy atom. The lowest BCUT2D eigenvalue weighted by molar-refractivity contribution is 0.0535. The second kappa shape index (κ2) is 13.8. The Bertz CT molecular complexity index is 1680. The summed E-state index contributed by atoms with van der Waals surface area (Å²) in [5.74, 6) is 0.795. The largest absolute Gasteiger partial charge is 0.436 e. The highest BCUT2D eigenvalue weighted by atomic mass is 16.4. The van der Waals surface area contributed by atoms with Crippen molar-refractivity contribution < 1.29 is 18.4 Å². The van der Waals surface area contributed by atoms with Crippen LogP contribution >= 0.6 is 0 Å². The fraction of sp³-hybridized carbons (Fsp3) is 0.222. The van der Waals surface area contributed by atoms with Crippen LogP contribution in [0.1, 0.15) is 48.4 Å². The Morgan fingerprint density at radius 1 is 0.545 bits per heavy atom. The smallest absolute Gasteiger partial charge is 0.253 e. The SMILES string of the molecule is CC.CC.O=C(c1cccc(-c2nc3ccccc3o2)c1)N1CCN(C(=O)c2cccc(-c3nc4ccccc4o3)c2)CC1. The molecule has 44 heavy (non-hydrogen) atoms. The first-order valence-electron chi connectivity index (χ1n) is 15.1. The highest BCUT2D eigenvalue weighted by Gasteiger charge is 2.26. The van der Waals surface area contributed by atoms with Crippen LogP contribution in [0.15, 0.2) is 106 Å². The fourth-order valence-electron chi connectivity index (χ4n) is 5.04. The van der Waals surface area contributed by atoms with Gasteiger partial charge in [-0.1, -0.05) is 64.1 Å². The summed E-state index contributed by atoms with van der Waals surface area (Å²) < 4.78 is 11.8. The van der Waals surface area contributed by atoms with Crippen LogP contribution in [0, 0.1) is 0 Å². The molecule has 4 aromatic carbocycles. The van der Waals surface area contributed by atoms with Crippen molar-refractivity contribution in [2.24, 2.45) is 0 Å². The van der Waals surface area contributed by atoms with E-state index >= 15 is 0 Å². The van der Waals surface area contributed by atoms with Gasteiger partial charge in [-0.05, 0) is 60.7 Å². The summed E-state index contributed by atoms with van der Waals surface area (Å²) in [6, 6.07) is 29.8. The van der Waals surface area contributed by atoms with Crippen molar-refractivity contribution in [2.45, 2.75) is 27.7 Å². The Morgan fingerprint density at radius 3 is 1.32 bits per heavy atom. The summed E-state index contributed by atoms with van der Waals surface area (Å²) in [5, 5.41) is 0. The van der Waals surface area contributed by atoms with Crippen molar-refractivity contribution in [3.8, 4) is 22.9 Å². The monoisotopic (exact) mass is 588 g/mol. The summed E-state index contributed by atoms with van der Waals surface area (Å²) in [4.78, 5) is 39.3. The average molecular weight is 589 g/mol. The van der Waals surface area contributed by atoms with E-state index in [2.05, 4.69) is 9.97 Å². The molecule has 0 atom stereocenters. The Kier molecular flexibility index (Phi) is 9.49. The molecule has 8 nitrogen and oxygen atoms in total. The van der Waals surface area contributed by atoms with Gasteiger partial charge in [0.1, 0.15) is 11.0 Å². The number of carbonyl (C=O) groups is 2. The van der Waals surface area contributed by atoms with Crippen LogP contribution in [-0.4, -0.2) is 57.8 Å². The number of piperazine rings is 1. The van der Waals surface area contributed by atoms with E-state index in [0.29, 0.717) is 60.3 Å². The molecule has 0 bridgehead atoms. The molecule has 0 unspecified atom stereocenters. The maximum Gasteiger partial charge on any atom is 0.253 e. The molecule has 8 heteroatoms. The van der Waals surface area contributed by atoms with E-state index in [0.717, 1.165) is 22.2 Å². The van der Waals surface area contributed by atoms with E-state index in [1.807, 2.05) is 113 Å². The minimum absolute atomic E-state index is 0.0805. The standard InChI is InChI=1S/C32H24N4O4.2C2H6/c37-31(23-9-5-7-21(19-23)29-33-25-11-1-3-13-27(25)39-29)35-15-17-36(18-16-35)32(38)24-10-6-8-22(20-24)30-34-26-12-2-4-14-28(26)40-30;2*1-2/h1-14,19-20H,15-18H2;2*1-2H3. The van der Waals surface area contributed by atoms with Crippen molar-refractivity contribution in [1.82, 2.24) is 19.8 Å². The number of oxazole rings is 2. The van der Waals surface area contributed by atoms with Crippen LogP contribution in [0.2, 0.25) is 0 Å². The first-order valence-corrected chi connectivity index (χ1v) is 15.1. The van der Waals surface area contributed by atoms with Gasteiger partial charge in [-0.2, -0.15) is 0 Å². The van der Waals surface area contributed by atoms with Gasteiger partial charge in [-0.15, -0.1) is 0 Å². The first kappa shape index (κ1) is 30.2. The van der Waals surface area contributed by atoms with Gasteiger partial charge < -0.3 is 18.6 Å². The summed E-state index contributed by atoms with van der Waals surface area (Å²) >= 11 is 0. The lowest BCUT2D eigenvalue weighted by Crippen LogP contribution is -2.50. The van der Waals surface area contributed by atoms with Gasteiger partial charge in [0.25, 0.3) is 11.8 Å². The number of amides is 2. The number of hydrogen-bond acceptors (Lipinski definition) is 6. The third-order valence-corrected chi connectivity index (χ3v) is 7.15. The minimum Gasteiger partial charge on any atom is -0.436 e. The molecule has 1 saturated heterocycles. The Balaban J connectivity index is 0.000000924. The number of para-hydroxylation sites is 4. The van der Waals surface area contributed by atoms with Crippen LogP contribution in [0.4, 0.5) is 0 Å². The predicted molar refractivity (Wildman–Crippen MR) is 173 cm³/mol. The van der Waals surface area contributed by atoms with Crippen molar-refractivity contribution >= 4 is 34.0 Å². The second-order valence-electron chi connectivity index (χ2n) is 9.72. The van der Waals surface area contributed by atoms with E-state index in [1.54, 1.807) is 21.9 Å². The average Bonchev–Trinajstić information content (AvgIpc) is 3.75. The lowest BCUT2D eigenvalue weighted by atomic mass is 10.1. The second-order valence-corrected chi connectivity index (χ2v) is 9.72. The summed E-state index contributed by atoms with van der Waals surface area (Å²) in [6.07, 6.45) is 0. The molecule has 2 aromatic heterocycles. The maximum atomic E-state index is 13.3. The molecule has 0 saturated carbocycles. The van der Waals surface area contributed by atoms with Crippen molar-refractivity contribution in [3.63, 3.8) is 0 Å². The molecule has 6 aromatic rings. The van der Waals surface area contributed by atoms with Gasteiger partial charge in [0.15, 0.2) is 11.2 Å². The number of hydrogen-bond donors (Lipinski definition) is 0. The molecular formula is C36H36N4O4. The zero-order valence-corrected chi connectivity index (χ0v) is 25.5. The number of benzene rings is 4. The third-order valence-electron chi connectivity index (χ3n) is 7.15. The van der Waals surface area contributed by atoms with Crippen molar-refractivity contribution in [2.75, 3.05) is 26.2 Å². The minimum atomic E-state index is -0.0805. The first-order chi connectivity index (χ1) is 21.6.